The van der Waals surface area contributed by atoms with Crippen molar-refractivity contribution in [3.8, 4) is 0 Å². The first kappa shape index (κ1) is 27.8. The predicted molar refractivity (Wildman–Crippen MR) is 127 cm³/mol. The van der Waals surface area contributed by atoms with E-state index in [0.29, 0.717) is 0 Å². The fourth-order valence-corrected chi connectivity index (χ4v) is 5.02. The predicted octanol–water partition coefficient (Wildman–Crippen LogP) is 0.677. The second-order valence-corrected chi connectivity index (χ2v) is 8.66. The molecule has 31 heavy (non-hydrogen) atoms. The van der Waals surface area contributed by atoms with Gasteiger partial charge < -0.3 is 24.8 Å². The molecule has 0 N–H and O–H groups in total. The number of rotatable bonds is 2. The van der Waals surface area contributed by atoms with Crippen LogP contribution in [-0.4, -0.2) is 0 Å². The first-order valence-corrected chi connectivity index (χ1v) is 10.7. The van der Waals surface area contributed by atoms with Gasteiger partial charge in [0.05, 0.1) is 0 Å². The first-order valence-electron chi connectivity index (χ1n) is 9.72. The van der Waals surface area contributed by atoms with E-state index in [4.69, 9.17) is 0 Å². The maximum absolute atomic E-state index is 2.29. The van der Waals surface area contributed by atoms with E-state index < -0.39 is 0 Å². The van der Waals surface area contributed by atoms with Gasteiger partial charge in [-0.2, -0.15) is 12.1 Å². The normalized spacial score (nSPS) is 10.2. The molecule has 5 rings (SSSR count). The van der Waals surface area contributed by atoms with Gasteiger partial charge in [-0.3, -0.25) is 0 Å². The maximum atomic E-state index is 2.29. The molecular weight excluding hydrogens is 605 g/mol. The molecule has 1 atom stereocenters. The number of fused-ring (bicyclic) bond motifs is 2. The third-order valence-corrected chi connectivity index (χ3v) is 6.82. The van der Waals surface area contributed by atoms with Crippen molar-refractivity contribution in [1.82, 2.24) is 0 Å². The molecule has 4 heteroatoms. The van der Waals surface area contributed by atoms with Crippen molar-refractivity contribution in [2.24, 2.45) is 0 Å². The Morgan fingerprint density at radius 3 is 2.03 bits per heavy atom. The standard InChI is InChI=1S/C16H14P.C11H11.2ClH.Hf/c1-12-11-13-7-5-6-10-15(13)16(12)17-14-8-3-2-4-9-14;1-8-6-7-9(2)11-5-3-4-10(8)11;;;/h2-11,17H,1H3;3-7H,1-2H3;2*1H;/q2*-1;;;+4/p-2. The summed E-state index contributed by atoms with van der Waals surface area (Å²) in [5.74, 6) is 0. The molecule has 0 amide bonds. The van der Waals surface area contributed by atoms with Gasteiger partial charge in [-0.15, -0.1) is 83.0 Å². The molecule has 156 valence electrons. The van der Waals surface area contributed by atoms with Gasteiger partial charge >= 0.3 is 25.8 Å². The molecule has 0 heterocycles. The van der Waals surface area contributed by atoms with Crippen molar-refractivity contribution >= 4 is 40.7 Å². The molecule has 0 aliphatic carbocycles. The second-order valence-electron chi connectivity index (χ2n) is 7.33. The average molecular weight is 630 g/mol. The number of halogens is 2. The zero-order valence-electron chi connectivity index (χ0n) is 17.9. The van der Waals surface area contributed by atoms with Gasteiger partial charge in [0.2, 0.25) is 0 Å². The smallest absolute Gasteiger partial charge is 1.00 e. The van der Waals surface area contributed by atoms with Crippen LogP contribution in [0.15, 0.2) is 91.0 Å². The van der Waals surface area contributed by atoms with E-state index in [1.165, 1.54) is 48.8 Å². The number of hydrogen-bond donors (Lipinski definition) is 0. The maximum Gasteiger partial charge on any atom is 4.00 e. The van der Waals surface area contributed by atoms with Gasteiger partial charge in [-0.1, -0.05) is 61.9 Å². The third-order valence-electron chi connectivity index (χ3n) is 5.29. The molecular formula is C27H25Cl2HfP. The van der Waals surface area contributed by atoms with E-state index in [0.717, 1.165) is 8.58 Å². The van der Waals surface area contributed by atoms with Gasteiger partial charge in [-0.25, -0.2) is 0 Å². The van der Waals surface area contributed by atoms with Crippen molar-refractivity contribution in [2.45, 2.75) is 20.8 Å². The Kier molecular flexibility index (Phi) is 11.4. The summed E-state index contributed by atoms with van der Waals surface area (Å²) in [5.41, 5.74) is 4.15. The quantitative estimate of drug-likeness (QED) is 0.153. The molecule has 0 saturated carbocycles. The Balaban J connectivity index is 0.000000303. The molecule has 5 aromatic rings. The third kappa shape index (κ3) is 6.39. The summed E-state index contributed by atoms with van der Waals surface area (Å²) >= 11 is 0. The second kappa shape index (κ2) is 12.7. The number of aryl methyl sites for hydroxylation is 3. The van der Waals surface area contributed by atoms with E-state index >= 15 is 0 Å². The molecule has 0 aromatic heterocycles. The van der Waals surface area contributed by atoms with Crippen LogP contribution in [0.4, 0.5) is 0 Å². The Morgan fingerprint density at radius 1 is 0.677 bits per heavy atom. The van der Waals surface area contributed by atoms with Crippen LogP contribution >= 0.6 is 8.58 Å². The fraction of sp³-hybridized carbons (Fsp3) is 0.111. The number of benzene rings is 3. The van der Waals surface area contributed by atoms with Crippen molar-refractivity contribution < 1.29 is 50.7 Å². The molecule has 0 aliphatic heterocycles. The van der Waals surface area contributed by atoms with E-state index in [1.807, 2.05) is 0 Å². The number of hydrogen-bond acceptors (Lipinski definition) is 0. The fourth-order valence-electron chi connectivity index (χ4n) is 3.74. The minimum Gasteiger partial charge on any atom is -1.00 e. The summed E-state index contributed by atoms with van der Waals surface area (Å²) in [6.45, 7) is 6.52. The van der Waals surface area contributed by atoms with Crippen molar-refractivity contribution in [2.75, 3.05) is 0 Å². The Hall–Kier alpha value is -1.24. The molecule has 0 saturated heterocycles. The first-order chi connectivity index (χ1) is 13.6. The topological polar surface area (TPSA) is 0 Å². The van der Waals surface area contributed by atoms with E-state index in [9.17, 15) is 0 Å². The molecule has 0 aliphatic rings. The van der Waals surface area contributed by atoms with Crippen LogP contribution < -0.4 is 35.4 Å². The monoisotopic (exact) mass is 630 g/mol. The van der Waals surface area contributed by atoms with E-state index in [-0.39, 0.29) is 50.7 Å². The van der Waals surface area contributed by atoms with Crippen LogP contribution in [0.3, 0.4) is 0 Å². The summed E-state index contributed by atoms with van der Waals surface area (Å²) < 4.78 is 0. The molecule has 0 bridgehead atoms. The SMILES string of the molecule is Cc1[cH-]c2ccccc2c1Pc1ccccc1.Cc1ccc(C)c2[cH-]ccc12.[Cl-].[Cl-].[Hf+4]. The summed E-state index contributed by atoms with van der Waals surface area (Å²) in [5, 5.41) is 8.46. The average Bonchev–Trinajstić information content (AvgIpc) is 3.33. The molecule has 1 unspecified atom stereocenters. The van der Waals surface area contributed by atoms with Crippen molar-refractivity contribution in [1.29, 1.82) is 0 Å². The van der Waals surface area contributed by atoms with Gasteiger partial charge in [0.25, 0.3) is 0 Å². The summed E-state index contributed by atoms with van der Waals surface area (Å²) in [7, 11) is 0.754. The minimum atomic E-state index is 0. The van der Waals surface area contributed by atoms with Gasteiger partial charge in [0.1, 0.15) is 0 Å². The van der Waals surface area contributed by atoms with Crippen LogP contribution in [0.25, 0.3) is 21.5 Å². The minimum absolute atomic E-state index is 0. The van der Waals surface area contributed by atoms with Gasteiger partial charge in [0, 0.05) is 0 Å². The summed E-state index contributed by atoms with van der Waals surface area (Å²) in [6.07, 6.45) is 0. The van der Waals surface area contributed by atoms with Crippen LogP contribution in [-0.2, 0) is 25.8 Å². The zero-order chi connectivity index (χ0) is 19.5. The summed E-state index contributed by atoms with van der Waals surface area (Å²) in [6, 6.07) is 32.5. The molecule has 0 spiro atoms. The zero-order valence-corrected chi connectivity index (χ0v) is 24.0. The van der Waals surface area contributed by atoms with Gasteiger partial charge in [0.15, 0.2) is 0 Å². The van der Waals surface area contributed by atoms with E-state index in [2.05, 4.69) is 112 Å². The van der Waals surface area contributed by atoms with Crippen LogP contribution in [0.1, 0.15) is 16.7 Å². The Bertz CT molecular complexity index is 1190. The van der Waals surface area contributed by atoms with Crippen molar-refractivity contribution in [3.63, 3.8) is 0 Å². The molecule has 5 aromatic carbocycles. The van der Waals surface area contributed by atoms with Crippen LogP contribution in [0.2, 0.25) is 0 Å². The van der Waals surface area contributed by atoms with Crippen LogP contribution in [0, 0.1) is 20.8 Å². The Morgan fingerprint density at radius 2 is 1.32 bits per heavy atom. The summed E-state index contributed by atoms with van der Waals surface area (Å²) in [4.78, 5) is 0. The molecule has 0 nitrogen and oxygen atoms in total. The molecule has 0 fully saturated rings. The van der Waals surface area contributed by atoms with Crippen LogP contribution in [0.5, 0.6) is 0 Å². The molecule has 0 radical (unpaired) electrons. The van der Waals surface area contributed by atoms with Crippen molar-refractivity contribution in [3.05, 3.63) is 108 Å². The van der Waals surface area contributed by atoms with Gasteiger partial charge in [-0.05, 0) is 12.2 Å². The largest absolute Gasteiger partial charge is 4.00 e. The Labute approximate surface area is 218 Å². The van der Waals surface area contributed by atoms with E-state index in [1.54, 1.807) is 0 Å².